The van der Waals surface area contributed by atoms with E-state index in [0.29, 0.717) is 37.7 Å². The van der Waals surface area contributed by atoms with Crippen molar-refractivity contribution in [2.75, 3.05) is 31.9 Å². The maximum absolute atomic E-state index is 12.4. The summed E-state index contributed by atoms with van der Waals surface area (Å²) in [6.45, 7) is 3.80. The van der Waals surface area contributed by atoms with Crippen LogP contribution in [-0.4, -0.2) is 57.8 Å². The quantitative estimate of drug-likeness (QED) is 0.800. The zero-order valence-corrected chi connectivity index (χ0v) is 15.5. The second kappa shape index (κ2) is 8.31. The molecule has 1 aromatic heterocycles. The molecule has 0 N–H and O–H groups in total. The highest BCUT2D eigenvalue weighted by Crippen LogP contribution is 2.11. The Morgan fingerprint density at radius 1 is 1.08 bits per heavy atom. The summed E-state index contributed by atoms with van der Waals surface area (Å²) in [6, 6.07) is 11.1. The van der Waals surface area contributed by atoms with Crippen LogP contribution in [0, 0.1) is 6.92 Å². The smallest absolute Gasteiger partial charge is 0.289 e. The van der Waals surface area contributed by atoms with Crippen LogP contribution in [0.2, 0.25) is 0 Å². The molecular weight excluding hydrogens is 352 g/mol. The Balaban J connectivity index is 1.47. The van der Waals surface area contributed by atoms with Crippen LogP contribution in [0.1, 0.15) is 21.7 Å². The fourth-order valence-electron chi connectivity index (χ4n) is 2.98. The first-order valence-electron chi connectivity index (χ1n) is 8.54. The van der Waals surface area contributed by atoms with Crippen LogP contribution in [-0.2, 0) is 21.3 Å². The van der Waals surface area contributed by atoms with Gasteiger partial charge in [0.25, 0.3) is 5.91 Å². The maximum atomic E-state index is 12.4. The molecule has 1 fully saturated rings. The summed E-state index contributed by atoms with van der Waals surface area (Å²) >= 11 is 0. The van der Waals surface area contributed by atoms with Crippen molar-refractivity contribution in [2.45, 2.75) is 12.7 Å². The Morgan fingerprint density at radius 2 is 1.81 bits per heavy atom. The van der Waals surface area contributed by atoms with Gasteiger partial charge in [-0.3, -0.25) is 13.8 Å². The standard InChI is InChI=1S/C19H22N2O4S/c1-15-4-2-5-16(12-15)13-26(24)14-18(22)20-7-9-21(10-8-20)19(23)17-6-3-11-25-17/h2-6,11-12H,7-10,13-14H2,1H3. The summed E-state index contributed by atoms with van der Waals surface area (Å²) in [6.07, 6.45) is 1.47. The minimum Gasteiger partial charge on any atom is -0.459 e. The molecule has 2 heterocycles. The maximum Gasteiger partial charge on any atom is 0.289 e. The van der Waals surface area contributed by atoms with E-state index in [1.54, 1.807) is 21.9 Å². The van der Waals surface area contributed by atoms with E-state index in [-0.39, 0.29) is 17.6 Å². The van der Waals surface area contributed by atoms with Crippen LogP contribution in [0.25, 0.3) is 0 Å². The molecule has 7 heteroatoms. The van der Waals surface area contributed by atoms with E-state index in [4.69, 9.17) is 4.42 Å². The number of amides is 2. The average molecular weight is 374 g/mol. The molecule has 0 aliphatic carbocycles. The largest absolute Gasteiger partial charge is 0.459 e. The molecule has 138 valence electrons. The zero-order valence-electron chi connectivity index (χ0n) is 14.7. The third kappa shape index (κ3) is 4.60. The Bertz CT molecular complexity index is 796. The zero-order chi connectivity index (χ0) is 18.5. The van der Waals surface area contributed by atoms with Crippen molar-refractivity contribution in [2.24, 2.45) is 0 Å². The monoisotopic (exact) mass is 374 g/mol. The van der Waals surface area contributed by atoms with E-state index >= 15 is 0 Å². The van der Waals surface area contributed by atoms with Crippen molar-refractivity contribution < 1.29 is 18.2 Å². The first-order valence-corrected chi connectivity index (χ1v) is 10.0. The summed E-state index contributed by atoms with van der Waals surface area (Å²) in [7, 11) is -1.24. The first-order chi connectivity index (χ1) is 12.5. The molecule has 1 saturated heterocycles. The fourth-order valence-corrected chi connectivity index (χ4v) is 4.09. The summed E-state index contributed by atoms with van der Waals surface area (Å²) in [5, 5.41) is 0. The number of aryl methyl sites for hydroxylation is 1. The Labute approximate surface area is 155 Å². The van der Waals surface area contributed by atoms with E-state index in [1.807, 2.05) is 31.2 Å². The molecular formula is C19H22N2O4S. The van der Waals surface area contributed by atoms with Crippen molar-refractivity contribution in [1.82, 2.24) is 9.80 Å². The van der Waals surface area contributed by atoms with Gasteiger partial charge in [-0.2, -0.15) is 0 Å². The van der Waals surface area contributed by atoms with E-state index in [2.05, 4.69) is 0 Å². The topological polar surface area (TPSA) is 70.8 Å². The van der Waals surface area contributed by atoms with Gasteiger partial charge in [-0.25, -0.2) is 0 Å². The van der Waals surface area contributed by atoms with Crippen LogP contribution < -0.4 is 0 Å². The molecule has 6 nitrogen and oxygen atoms in total. The second-order valence-corrected chi connectivity index (χ2v) is 7.82. The number of hydrogen-bond acceptors (Lipinski definition) is 4. The predicted molar refractivity (Wildman–Crippen MR) is 99.1 cm³/mol. The third-order valence-corrected chi connectivity index (χ3v) is 5.57. The molecule has 26 heavy (non-hydrogen) atoms. The molecule has 0 saturated carbocycles. The fraction of sp³-hybridized carbons (Fsp3) is 0.368. The summed E-state index contributed by atoms with van der Waals surface area (Å²) in [5.74, 6) is 0.417. The number of rotatable bonds is 5. The molecule has 0 spiro atoms. The van der Waals surface area contributed by atoms with Gasteiger partial charge in [0.05, 0.1) is 6.26 Å². The molecule has 2 aromatic rings. The highest BCUT2D eigenvalue weighted by molar-refractivity contribution is 7.84. The van der Waals surface area contributed by atoms with E-state index in [0.717, 1.165) is 11.1 Å². The van der Waals surface area contributed by atoms with Crippen LogP contribution in [0.3, 0.4) is 0 Å². The minimum atomic E-state index is -1.24. The number of carbonyl (C=O) groups is 2. The lowest BCUT2D eigenvalue weighted by molar-refractivity contribution is -0.129. The summed E-state index contributed by atoms with van der Waals surface area (Å²) in [4.78, 5) is 28.0. The van der Waals surface area contributed by atoms with Crippen LogP contribution >= 0.6 is 0 Å². The Hall–Kier alpha value is -2.41. The second-order valence-electron chi connectivity index (χ2n) is 6.37. The van der Waals surface area contributed by atoms with Crippen molar-refractivity contribution in [3.63, 3.8) is 0 Å². The molecule has 1 aromatic carbocycles. The first kappa shape index (κ1) is 18.4. The van der Waals surface area contributed by atoms with Gasteiger partial charge < -0.3 is 14.2 Å². The van der Waals surface area contributed by atoms with Gasteiger partial charge in [0.2, 0.25) is 5.91 Å². The lowest BCUT2D eigenvalue weighted by Gasteiger charge is -2.34. The molecule has 1 aliphatic heterocycles. The van der Waals surface area contributed by atoms with Crippen molar-refractivity contribution >= 4 is 22.6 Å². The van der Waals surface area contributed by atoms with E-state index < -0.39 is 10.8 Å². The number of furan rings is 1. The summed E-state index contributed by atoms with van der Waals surface area (Å²) < 4.78 is 17.4. The van der Waals surface area contributed by atoms with Gasteiger partial charge in [0, 0.05) is 42.7 Å². The van der Waals surface area contributed by atoms with Gasteiger partial charge >= 0.3 is 0 Å². The SMILES string of the molecule is Cc1cccc(CS(=O)CC(=O)N2CCN(C(=O)c3ccco3)CC2)c1. The van der Waals surface area contributed by atoms with Gasteiger partial charge in [0.15, 0.2) is 5.76 Å². The summed E-state index contributed by atoms with van der Waals surface area (Å²) in [5.41, 5.74) is 2.09. The highest BCUT2D eigenvalue weighted by Gasteiger charge is 2.26. The lowest BCUT2D eigenvalue weighted by Crippen LogP contribution is -2.51. The van der Waals surface area contributed by atoms with Gasteiger partial charge in [0.1, 0.15) is 5.75 Å². The normalized spacial score (nSPS) is 15.7. The molecule has 2 amide bonds. The van der Waals surface area contributed by atoms with Crippen molar-refractivity contribution in [3.8, 4) is 0 Å². The van der Waals surface area contributed by atoms with Crippen molar-refractivity contribution in [3.05, 3.63) is 59.5 Å². The predicted octanol–water partition coefficient (Wildman–Crippen LogP) is 1.82. The highest BCUT2D eigenvalue weighted by atomic mass is 32.2. The Kier molecular flexibility index (Phi) is 5.88. The molecule has 0 bridgehead atoms. The van der Waals surface area contributed by atoms with E-state index in [1.165, 1.54) is 6.26 Å². The van der Waals surface area contributed by atoms with Crippen LogP contribution in [0.5, 0.6) is 0 Å². The average Bonchev–Trinajstić information content (AvgIpc) is 3.15. The molecule has 1 atom stereocenters. The molecule has 1 unspecified atom stereocenters. The van der Waals surface area contributed by atoms with Crippen LogP contribution in [0.4, 0.5) is 0 Å². The Morgan fingerprint density at radius 3 is 2.46 bits per heavy atom. The van der Waals surface area contributed by atoms with Gasteiger partial charge in [-0.05, 0) is 24.6 Å². The lowest BCUT2D eigenvalue weighted by atomic mass is 10.2. The molecule has 3 rings (SSSR count). The minimum absolute atomic E-state index is 0.0140. The molecule has 0 radical (unpaired) electrons. The number of piperazine rings is 1. The number of carbonyl (C=O) groups excluding carboxylic acids is 2. The number of nitrogens with zero attached hydrogens (tertiary/aromatic N) is 2. The number of hydrogen-bond donors (Lipinski definition) is 0. The number of benzene rings is 1. The third-order valence-electron chi connectivity index (χ3n) is 4.35. The van der Waals surface area contributed by atoms with Gasteiger partial charge in [-0.15, -0.1) is 0 Å². The van der Waals surface area contributed by atoms with Crippen LogP contribution in [0.15, 0.2) is 47.1 Å². The van der Waals surface area contributed by atoms with E-state index in [9.17, 15) is 13.8 Å². The molecule has 1 aliphatic rings. The van der Waals surface area contributed by atoms with Crippen molar-refractivity contribution in [1.29, 1.82) is 0 Å². The van der Waals surface area contributed by atoms with Gasteiger partial charge in [-0.1, -0.05) is 29.8 Å².